The van der Waals surface area contributed by atoms with E-state index in [-0.39, 0.29) is 5.98 Å². The number of hydrogen-bond donors (Lipinski definition) is 0. The van der Waals surface area contributed by atoms with Gasteiger partial charge in [-0.25, -0.2) is 43.9 Å². The van der Waals surface area contributed by atoms with E-state index < -0.39 is 99.0 Å². The number of benzene rings is 4. The molecule has 4 aromatic carbocycles. The average molecular weight is 790 g/mol. The standard InChI is InChI=1S/C33H24BF13O3PS/c1-13-9-15(3)31(16(4)10-13)51(32-17(5)11-14(2)12-18(32)6)8-7-34(50-52(48,49)33(45,46)47,19-21(35)25(39)29(43)26(40)22(19)36)20-23(37)27(41)30(44)28(42)24(20)38/h7-12H,1-6H3/q-1/p+1/b8-7+. The Morgan fingerprint density at radius 2 is 0.808 bits per heavy atom. The summed E-state index contributed by atoms with van der Waals surface area (Å²) in [5, 5.41) is 0.667. The Balaban J connectivity index is 2.39. The van der Waals surface area contributed by atoms with Gasteiger partial charge in [-0.2, -0.15) is 27.6 Å². The Labute approximate surface area is 289 Å². The van der Waals surface area contributed by atoms with Gasteiger partial charge in [-0.05, 0) is 63.8 Å². The minimum absolute atomic E-state index is 0.133. The monoisotopic (exact) mass is 790 g/mol. The smallest absolute Gasteiger partial charge is 0.466 e. The molecular formula is C33H25BF13O3PS. The summed E-state index contributed by atoms with van der Waals surface area (Å²) in [6.45, 7) is 9.61. The van der Waals surface area contributed by atoms with Gasteiger partial charge in [0.2, 0.25) is 6.35 Å². The van der Waals surface area contributed by atoms with E-state index in [1.165, 1.54) is 0 Å². The molecule has 52 heavy (non-hydrogen) atoms. The SMILES string of the molecule is Cc1cc(C)c([PH+](/C=C/[B-](OS(=O)(=O)C(F)(F)F)(c2c(F)c(F)c(F)c(F)c2F)c2c(F)c(F)c(F)c(F)c2F)c2c(C)cc(C)cc2C)c(C)c1. The summed E-state index contributed by atoms with van der Waals surface area (Å²) in [6.07, 6.45) is -6.02. The van der Waals surface area contributed by atoms with Gasteiger partial charge in [0.05, 0.1) is 7.92 Å². The van der Waals surface area contributed by atoms with Crippen LogP contribution in [0, 0.1) is 99.7 Å². The molecule has 0 amide bonds. The van der Waals surface area contributed by atoms with Gasteiger partial charge in [0.1, 0.15) is 33.9 Å². The van der Waals surface area contributed by atoms with E-state index in [1.807, 2.05) is 0 Å². The Hall–Kier alpha value is -3.89. The number of halogens is 13. The van der Waals surface area contributed by atoms with E-state index in [9.17, 15) is 47.9 Å². The maximum atomic E-state index is 15.7. The van der Waals surface area contributed by atoms with Gasteiger partial charge in [0.15, 0.2) is 34.9 Å². The number of rotatable bonds is 8. The third kappa shape index (κ3) is 6.84. The highest BCUT2D eigenvalue weighted by Crippen LogP contribution is 2.42. The quantitative estimate of drug-likeness (QED) is 0.0458. The molecule has 0 bridgehead atoms. The van der Waals surface area contributed by atoms with Crippen LogP contribution in [0.15, 0.2) is 36.1 Å². The second-order valence-corrected chi connectivity index (χ2v) is 15.9. The summed E-state index contributed by atoms with van der Waals surface area (Å²) in [5.74, 6) is -30.1. The van der Waals surface area contributed by atoms with Crippen LogP contribution in [-0.4, -0.2) is 20.3 Å². The minimum atomic E-state index is -7.47. The highest BCUT2D eigenvalue weighted by molar-refractivity contribution is 7.89. The molecule has 0 unspecified atom stereocenters. The Kier molecular flexibility index (Phi) is 11.1. The minimum Gasteiger partial charge on any atom is -0.466 e. The largest absolute Gasteiger partial charge is 0.519 e. The molecule has 4 aromatic rings. The average Bonchev–Trinajstić information content (AvgIpc) is 3.01. The van der Waals surface area contributed by atoms with Crippen molar-refractivity contribution in [2.45, 2.75) is 47.1 Å². The number of alkyl halides is 3. The van der Waals surface area contributed by atoms with E-state index in [0.717, 1.165) is 0 Å². The molecule has 0 aliphatic rings. The van der Waals surface area contributed by atoms with Gasteiger partial charge in [0, 0.05) is 5.82 Å². The summed E-state index contributed by atoms with van der Waals surface area (Å²) in [4.78, 5) is 0. The number of hydrogen-bond acceptors (Lipinski definition) is 3. The normalized spacial score (nSPS) is 12.8. The topological polar surface area (TPSA) is 43.4 Å². The molecule has 19 heteroatoms. The van der Waals surface area contributed by atoms with Gasteiger partial charge >= 0.3 is 15.6 Å². The molecule has 0 fully saturated rings. The van der Waals surface area contributed by atoms with Crippen LogP contribution >= 0.6 is 7.92 Å². The van der Waals surface area contributed by atoms with Crippen LogP contribution < -0.4 is 21.5 Å². The van der Waals surface area contributed by atoms with E-state index in [0.29, 0.717) is 49.8 Å². The summed E-state index contributed by atoms with van der Waals surface area (Å²) in [5.41, 5.74) is -9.06. The zero-order valence-electron chi connectivity index (χ0n) is 27.6. The van der Waals surface area contributed by atoms with Gasteiger partial charge < -0.3 is 4.10 Å². The second kappa shape index (κ2) is 14.2. The van der Waals surface area contributed by atoms with E-state index in [2.05, 4.69) is 4.10 Å². The highest BCUT2D eigenvalue weighted by Gasteiger charge is 2.53. The van der Waals surface area contributed by atoms with E-state index in [1.54, 1.807) is 65.8 Å². The molecule has 3 nitrogen and oxygen atoms in total. The molecule has 0 aliphatic heterocycles. The molecule has 0 saturated carbocycles. The molecule has 0 aliphatic carbocycles. The van der Waals surface area contributed by atoms with Crippen LogP contribution in [0.3, 0.4) is 0 Å². The lowest BCUT2D eigenvalue weighted by molar-refractivity contribution is -0.0501. The zero-order valence-corrected chi connectivity index (χ0v) is 29.4. The molecule has 0 atom stereocenters. The lowest BCUT2D eigenvalue weighted by Crippen LogP contribution is -2.66. The predicted octanol–water partition coefficient (Wildman–Crippen LogP) is 7.77. The van der Waals surface area contributed by atoms with Gasteiger partial charge in [0.25, 0.3) is 0 Å². The van der Waals surface area contributed by atoms with Gasteiger partial charge in [-0.1, -0.05) is 46.3 Å². The van der Waals surface area contributed by atoms with Crippen LogP contribution in [0.2, 0.25) is 0 Å². The Morgan fingerprint density at radius 3 is 1.08 bits per heavy atom. The summed E-state index contributed by atoms with van der Waals surface area (Å²) >= 11 is 0. The summed E-state index contributed by atoms with van der Waals surface area (Å²) in [6, 6.07) is 6.49. The first-order valence-corrected chi connectivity index (χ1v) is 17.7. The molecule has 0 N–H and O–H groups in total. The first-order valence-electron chi connectivity index (χ1n) is 14.7. The summed E-state index contributed by atoms with van der Waals surface area (Å²) in [7, 11) is -10.4. The van der Waals surface area contributed by atoms with Crippen LogP contribution in [0.25, 0.3) is 0 Å². The first kappa shape index (κ1) is 40.9. The first-order chi connectivity index (χ1) is 23.8. The van der Waals surface area contributed by atoms with Crippen molar-refractivity contribution in [3.05, 3.63) is 128 Å². The molecule has 0 aromatic heterocycles. The fraction of sp³-hybridized carbons (Fsp3) is 0.212. The molecule has 0 heterocycles. The lowest BCUT2D eigenvalue weighted by Gasteiger charge is -2.40. The fourth-order valence-electron chi connectivity index (χ4n) is 6.45. The van der Waals surface area contributed by atoms with Crippen LogP contribution in [0.5, 0.6) is 0 Å². The third-order valence-electron chi connectivity index (χ3n) is 8.33. The predicted molar refractivity (Wildman–Crippen MR) is 172 cm³/mol. The molecule has 0 saturated heterocycles. The van der Waals surface area contributed by atoms with Gasteiger partial charge in [-0.15, -0.1) is 0 Å². The van der Waals surface area contributed by atoms with Crippen LogP contribution in [-0.2, 0) is 14.2 Å². The Bertz CT molecular complexity index is 2040. The molecular weight excluding hydrogens is 765 g/mol. The lowest BCUT2D eigenvalue weighted by atomic mass is 9.32. The summed E-state index contributed by atoms with van der Waals surface area (Å²) < 4.78 is 222. The van der Waals surface area contributed by atoms with Crippen LogP contribution in [0.4, 0.5) is 57.1 Å². The molecule has 4 rings (SSSR count). The maximum absolute atomic E-state index is 15.7. The second-order valence-electron chi connectivity index (χ2n) is 12.1. The zero-order chi connectivity index (χ0) is 39.6. The van der Waals surface area contributed by atoms with Crippen molar-refractivity contribution in [3.8, 4) is 0 Å². The van der Waals surface area contributed by atoms with Crippen molar-refractivity contribution in [2.24, 2.45) is 0 Å². The third-order valence-corrected chi connectivity index (χ3v) is 12.6. The number of aryl methyl sites for hydroxylation is 6. The Morgan fingerprint density at radius 1 is 0.538 bits per heavy atom. The van der Waals surface area contributed by atoms with Gasteiger partial charge in [-0.3, -0.25) is 0 Å². The maximum Gasteiger partial charge on any atom is 0.519 e. The van der Waals surface area contributed by atoms with Crippen molar-refractivity contribution >= 4 is 45.9 Å². The van der Waals surface area contributed by atoms with Crippen molar-refractivity contribution in [1.82, 2.24) is 0 Å². The van der Waals surface area contributed by atoms with Crippen molar-refractivity contribution in [2.75, 3.05) is 0 Å². The highest BCUT2D eigenvalue weighted by atomic mass is 32.2. The molecule has 0 radical (unpaired) electrons. The van der Waals surface area contributed by atoms with Crippen molar-refractivity contribution in [3.63, 3.8) is 0 Å². The van der Waals surface area contributed by atoms with E-state index >= 15 is 17.6 Å². The van der Waals surface area contributed by atoms with Crippen LogP contribution in [0.1, 0.15) is 33.4 Å². The molecule has 0 spiro atoms. The van der Waals surface area contributed by atoms with Crippen molar-refractivity contribution in [1.29, 1.82) is 0 Å². The van der Waals surface area contributed by atoms with E-state index in [4.69, 9.17) is 0 Å². The van der Waals surface area contributed by atoms with Crippen molar-refractivity contribution < 1.29 is 69.6 Å². The molecule has 280 valence electrons. The fourth-order valence-corrected chi connectivity index (χ4v) is 10.2.